The van der Waals surface area contributed by atoms with Gasteiger partial charge < -0.3 is 10.5 Å². The fraction of sp³-hybridized carbons (Fsp3) is 0.667. The highest BCUT2D eigenvalue weighted by Gasteiger charge is 2.44. The van der Waals surface area contributed by atoms with Gasteiger partial charge in [0.1, 0.15) is 6.29 Å². The first-order chi connectivity index (χ1) is 6.40. The minimum atomic E-state index is -0.760. The first-order valence-corrected chi connectivity index (χ1v) is 4.46. The minimum absolute atomic E-state index is 0.0428. The monoisotopic (exact) mass is 198 g/mol. The van der Waals surface area contributed by atoms with Crippen LogP contribution < -0.4 is 5.73 Å². The SMILES string of the molecule is CC(C)(CC=O)N1C(=O)CC(N)C1=O. The van der Waals surface area contributed by atoms with Crippen LogP contribution in [-0.2, 0) is 14.4 Å². The van der Waals surface area contributed by atoms with Crippen LogP contribution in [0.15, 0.2) is 0 Å². The zero-order valence-corrected chi connectivity index (χ0v) is 8.32. The molecule has 1 unspecified atom stereocenters. The molecule has 1 fully saturated rings. The molecule has 1 rings (SSSR count). The Morgan fingerprint density at radius 1 is 1.57 bits per heavy atom. The van der Waals surface area contributed by atoms with Crippen molar-refractivity contribution in [2.24, 2.45) is 5.73 Å². The maximum absolute atomic E-state index is 11.5. The summed E-state index contributed by atoms with van der Waals surface area (Å²) in [5.41, 5.74) is 4.69. The van der Waals surface area contributed by atoms with E-state index in [0.717, 1.165) is 4.90 Å². The second kappa shape index (κ2) is 3.49. The fourth-order valence-corrected chi connectivity index (χ4v) is 1.59. The predicted octanol–water partition coefficient (Wildman–Crippen LogP) is -0.560. The molecule has 2 N–H and O–H groups in total. The highest BCUT2D eigenvalue weighted by atomic mass is 16.2. The Labute approximate surface area is 82.2 Å². The van der Waals surface area contributed by atoms with Crippen molar-refractivity contribution in [1.29, 1.82) is 0 Å². The van der Waals surface area contributed by atoms with E-state index in [4.69, 9.17) is 5.73 Å². The molecule has 1 aliphatic heterocycles. The Bertz CT molecular complexity index is 286. The normalized spacial score (nSPS) is 23.1. The molecule has 1 saturated heterocycles. The zero-order valence-electron chi connectivity index (χ0n) is 8.32. The van der Waals surface area contributed by atoms with Crippen LogP contribution >= 0.6 is 0 Å². The first-order valence-electron chi connectivity index (χ1n) is 4.46. The number of hydrogen-bond donors (Lipinski definition) is 1. The van der Waals surface area contributed by atoms with Crippen molar-refractivity contribution in [3.63, 3.8) is 0 Å². The second-order valence-corrected chi connectivity index (χ2v) is 4.06. The van der Waals surface area contributed by atoms with Crippen molar-refractivity contribution in [2.45, 2.75) is 38.3 Å². The lowest BCUT2D eigenvalue weighted by Gasteiger charge is -2.32. The molecule has 0 bridgehead atoms. The van der Waals surface area contributed by atoms with Gasteiger partial charge in [-0.2, -0.15) is 0 Å². The number of nitrogens with two attached hydrogens (primary N) is 1. The molecule has 0 saturated carbocycles. The van der Waals surface area contributed by atoms with E-state index >= 15 is 0 Å². The molecule has 14 heavy (non-hydrogen) atoms. The lowest BCUT2D eigenvalue weighted by atomic mass is 9.99. The van der Waals surface area contributed by atoms with Gasteiger partial charge in [-0.3, -0.25) is 14.5 Å². The quantitative estimate of drug-likeness (QED) is 0.487. The second-order valence-electron chi connectivity index (χ2n) is 4.06. The molecule has 0 aromatic rings. The van der Waals surface area contributed by atoms with Crippen molar-refractivity contribution in [1.82, 2.24) is 4.90 Å². The molecule has 0 aliphatic carbocycles. The van der Waals surface area contributed by atoms with Gasteiger partial charge >= 0.3 is 0 Å². The molecular weight excluding hydrogens is 184 g/mol. The summed E-state index contributed by atoms with van der Waals surface area (Å²) in [5, 5.41) is 0. The lowest BCUT2D eigenvalue weighted by molar-refractivity contribution is -0.145. The lowest BCUT2D eigenvalue weighted by Crippen LogP contribution is -2.49. The number of aldehydes is 1. The highest BCUT2D eigenvalue weighted by molar-refractivity contribution is 6.06. The van der Waals surface area contributed by atoms with Crippen LogP contribution in [0.3, 0.4) is 0 Å². The van der Waals surface area contributed by atoms with Crippen molar-refractivity contribution in [3.05, 3.63) is 0 Å². The van der Waals surface area contributed by atoms with Crippen molar-refractivity contribution >= 4 is 18.1 Å². The molecule has 5 nitrogen and oxygen atoms in total. The molecule has 1 aliphatic rings. The summed E-state index contributed by atoms with van der Waals surface area (Å²) in [6.45, 7) is 3.35. The molecule has 5 heteroatoms. The average Bonchev–Trinajstić information content (AvgIpc) is 2.26. The van der Waals surface area contributed by atoms with Crippen LogP contribution in [-0.4, -0.2) is 34.6 Å². The molecule has 0 spiro atoms. The highest BCUT2D eigenvalue weighted by Crippen LogP contribution is 2.24. The Kier molecular flexibility index (Phi) is 2.71. The molecule has 1 heterocycles. The Morgan fingerprint density at radius 3 is 2.50 bits per heavy atom. The number of hydrogen-bond acceptors (Lipinski definition) is 4. The molecule has 0 radical (unpaired) electrons. The van der Waals surface area contributed by atoms with Crippen molar-refractivity contribution in [2.75, 3.05) is 0 Å². The van der Waals surface area contributed by atoms with Gasteiger partial charge in [-0.15, -0.1) is 0 Å². The topological polar surface area (TPSA) is 80.5 Å². The summed E-state index contributed by atoms with van der Waals surface area (Å²) in [6, 6.07) is -0.742. The van der Waals surface area contributed by atoms with Crippen LogP contribution in [0.5, 0.6) is 0 Å². The van der Waals surface area contributed by atoms with E-state index in [0.29, 0.717) is 6.29 Å². The largest absolute Gasteiger partial charge is 0.319 e. The molecule has 0 aromatic heterocycles. The van der Waals surface area contributed by atoms with Crippen molar-refractivity contribution in [3.8, 4) is 0 Å². The number of carbonyl (C=O) groups excluding carboxylic acids is 3. The summed E-state index contributed by atoms with van der Waals surface area (Å²) in [7, 11) is 0. The number of amides is 2. The summed E-state index contributed by atoms with van der Waals surface area (Å²) in [6.07, 6.45) is 0.878. The summed E-state index contributed by atoms with van der Waals surface area (Å²) < 4.78 is 0. The van der Waals surface area contributed by atoms with Crippen LogP contribution in [0.4, 0.5) is 0 Å². The van der Waals surface area contributed by atoms with Crippen LogP contribution in [0.25, 0.3) is 0 Å². The Balaban J connectivity index is 2.91. The third kappa shape index (κ3) is 1.68. The Morgan fingerprint density at radius 2 is 2.14 bits per heavy atom. The molecule has 78 valence electrons. The predicted molar refractivity (Wildman–Crippen MR) is 49.2 cm³/mol. The number of carbonyl (C=O) groups is 3. The number of rotatable bonds is 3. The van der Waals surface area contributed by atoms with Gasteiger partial charge in [0.25, 0.3) is 0 Å². The standard InChI is InChI=1S/C9H14N2O3/c1-9(2,3-4-12)11-7(13)5-6(10)8(11)14/h4,6H,3,5,10H2,1-2H3. The van der Waals surface area contributed by atoms with E-state index in [-0.39, 0.29) is 24.7 Å². The number of imide groups is 1. The smallest absolute Gasteiger partial charge is 0.247 e. The van der Waals surface area contributed by atoms with Gasteiger partial charge in [0.05, 0.1) is 18.0 Å². The molecule has 0 aromatic carbocycles. The van der Waals surface area contributed by atoms with Crippen molar-refractivity contribution < 1.29 is 14.4 Å². The first kappa shape index (κ1) is 10.8. The average molecular weight is 198 g/mol. The maximum atomic E-state index is 11.5. The molecule has 1 atom stereocenters. The van der Waals surface area contributed by atoms with Gasteiger partial charge in [-0.05, 0) is 13.8 Å². The van der Waals surface area contributed by atoms with Gasteiger partial charge in [0.2, 0.25) is 11.8 Å². The third-order valence-corrected chi connectivity index (χ3v) is 2.37. The van der Waals surface area contributed by atoms with E-state index in [1.165, 1.54) is 0 Å². The maximum Gasteiger partial charge on any atom is 0.247 e. The minimum Gasteiger partial charge on any atom is -0.319 e. The van der Waals surface area contributed by atoms with Crippen LogP contribution in [0.2, 0.25) is 0 Å². The van der Waals surface area contributed by atoms with Gasteiger partial charge in [-0.1, -0.05) is 0 Å². The molecule has 2 amide bonds. The van der Waals surface area contributed by atoms with Crippen LogP contribution in [0, 0.1) is 0 Å². The van der Waals surface area contributed by atoms with Gasteiger partial charge in [0, 0.05) is 6.42 Å². The number of likely N-dealkylation sites (tertiary alicyclic amines) is 1. The van der Waals surface area contributed by atoms with E-state index in [9.17, 15) is 14.4 Å². The van der Waals surface area contributed by atoms with E-state index in [1.807, 2.05) is 0 Å². The third-order valence-electron chi connectivity index (χ3n) is 2.37. The molecular formula is C9H14N2O3. The zero-order chi connectivity index (χ0) is 10.9. The summed E-state index contributed by atoms with van der Waals surface area (Å²) in [5.74, 6) is -0.684. The fourth-order valence-electron chi connectivity index (χ4n) is 1.59. The summed E-state index contributed by atoms with van der Waals surface area (Å²) >= 11 is 0. The van der Waals surface area contributed by atoms with Gasteiger partial charge in [-0.25, -0.2) is 0 Å². The Hall–Kier alpha value is -1.23. The van der Waals surface area contributed by atoms with Crippen LogP contribution in [0.1, 0.15) is 26.7 Å². The number of nitrogens with zero attached hydrogens (tertiary/aromatic N) is 1. The van der Waals surface area contributed by atoms with E-state index in [2.05, 4.69) is 0 Å². The van der Waals surface area contributed by atoms with E-state index in [1.54, 1.807) is 13.8 Å². The van der Waals surface area contributed by atoms with Gasteiger partial charge in [0.15, 0.2) is 0 Å². The van der Waals surface area contributed by atoms with E-state index < -0.39 is 11.6 Å². The summed E-state index contributed by atoms with van der Waals surface area (Å²) in [4.78, 5) is 34.4.